The summed E-state index contributed by atoms with van der Waals surface area (Å²) in [6, 6.07) is 12.2. The number of fused-ring (bicyclic) bond motifs is 1. The first kappa shape index (κ1) is 17.6. The Morgan fingerprint density at radius 2 is 1.77 bits per heavy atom. The van der Waals surface area contributed by atoms with E-state index in [-0.39, 0.29) is 18.4 Å². The number of nitrogens with zero attached hydrogens (tertiary/aromatic N) is 1. The molecule has 7 heteroatoms. The normalized spacial score (nSPS) is 15.5. The maximum atomic E-state index is 12.7. The van der Waals surface area contributed by atoms with Crippen molar-refractivity contribution in [3.8, 4) is 17.2 Å². The van der Waals surface area contributed by atoms with Crippen molar-refractivity contribution in [1.82, 2.24) is 0 Å². The van der Waals surface area contributed by atoms with E-state index in [4.69, 9.17) is 14.2 Å². The number of carbonyl (C=O) groups excluding carboxylic acids is 2. The molecule has 0 saturated carbocycles. The highest BCUT2D eigenvalue weighted by atomic mass is 16.5. The summed E-state index contributed by atoms with van der Waals surface area (Å²) in [4.78, 5) is 26.2. The van der Waals surface area contributed by atoms with E-state index in [9.17, 15) is 9.59 Å². The van der Waals surface area contributed by atoms with Crippen LogP contribution in [0.2, 0.25) is 0 Å². The molecule has 1 aliphatic heterocycles. The first-order valence-corrected chi connectivity index (χ1v) is 8.09. The van der Waals surface area contributed by atoms with Gasteiger partial charge in [-0.1, -0.05) is 12.1 Å². The molecule has 7 nitrogen and oxygen atoms in total. The minimum absolute atomic E-state index is 0.138. The Balaban J connectivity index is 1.82. The van der Waals surface area contributed by atoms with Gasteiger partial charge in [0.1, 0.15) is 17.2 Å². The molecule has 1 N–H and O–H groups in total. The lowest BCUT2D eigenvalue weighted by molar-refractivity contribution is -0.123. The van der Waals surface area contributed by atoms with Crippen molar-refractivity contribution in [2.75, 3.05) is 31.0 Å². The van der Waals surface area contributed by atoms with Crippen molar-refractivity contribution in [3.05, 3.63) is 42.5 Å². The number of hydrogen-bond donors (Lipinski definition) is 1. The molecule has 2 aromatic carbocycles. The summed E-state index contributed by atoms with van der Waals surface area (Å²) >= 11 is 0. The highest BCUT2D eigenvalue weighted by Gasteiger charge is 2.32. The Hall–Kier alpha value is -3.22. The van der Waals surface area contributed by atoms with Gasteiger partial charge in [-0.15, -0.1) is 0 Å². The number of ether oxygens (including phenoxy) is 3. The fourth-order valence-electron chi connectivity index (χ4n) is 2.77. The molecule has 0 unspecified atom stereocenters. The van der Waals surface area contributed by atoms with Gasteiger partial charge in [0.2, 0.25) is 5.91 Å². The molecule has 1 aliphatic rings. The predicted molar refractivity (Wildman–Crippen MR) is 97.1 cm³/mol. The maximum absolute atomic E-state index is 12.7. The van der Waals surface area contributed by atoms with Crippen LogP contribution < -0.4 is 24.4 Å². The highest BCUT2D eigenvalue weighted by Crippen LogP contribution is 2.33. The van der Waals surface area contributed by atoms with Crippen LogP contribution in [-0.4, -0.2) is 38.7 Å². The molecule has 0 radical (unpaired) electrons. The fourth-order valence-corrected chi connectivity index (χ4v) is 2.77. The van der Waals surface area contributed by atoms with E-state index >= 15 is 0 Å². The minimum atomic E-state index is -0.828. The number of anilines is 2. The van der Waals surface area contributed by atoms with Gasteiger partial charge in [0.05, 0.1) is 26.5 Å². The van der Waals surface area contributed by atoms with E-state index in [1.165, 1.54) is 26.0 Å². The Labute approximate surface area is 151 Å². The predicted octanol–water partition coefficient (Wildman–Crippen LogP) is 2.46. The van der Waals surface area contributed by atoms with Gasteiger partial charge < -0.3 is 24.4 Å². The minimum Gasteiger partial charge on any atom is -0.497 e. The van der Waals surface area contributed by atoms with Crippen LogP contribution in [0.1, 0.15) is 6.92 Å². The van der Waals surface area contributed by atoms with Crippen molar-refractivity contribution < 1.29 is 23.8 Å². The van der Waals surface area contributed by atoms with Crippen LogP contribution in [0.15, 0.2) is 42.5 Å². The smallest absolute Gasteiger partial charge is 0.267 e. The largest absolute Gasteiger partial charge is 0.497 e. The monoisotopic (exact) mass is 356 g/mol. The number of benzene rings is 2. The number of rotatable bonds is 4. The number of para-hydroxylation sites is 2. The molecule has 136 valence electrons. The van der Waals surface area contributed by atoms with Crippen LogP contribution in [0, 0.1) is 0 Å². The summed E-state index contributed by atoms with van der Waals surface area (Å²) < 4.78 is 16.2. The molecule has 1 heterocycles. The summed E-state index contributed by atoms with van der Waals surface area (Å²) in [6.45, 7) is 1.60. The van der Waals surface area contributed by atoms with Crippen LogP contribution in [0.3, 0.4) is 0 Å². The first-order chi connectivity index (χ1) is 12.5. The van der Waals surface area contributed by atoms with Crippen LogP contribution in [0.25, 0.3) is 0 Å². The van der Waals surface area contributed by atoms with Gasteiger partial charge in [-0.3, -0.25) is 9.59 Å². The lowest BCUT2D eigenvalue weighted by atomic mass is 10.1. The Kier molecular flexibility index (Phi) is 4.97. The molecule has 0 bridgehead atoms. The van der Waals surface area contributed by atoms with Crippen molar-refractivity contribution >= 4 is 23.2 Å². The van der Waals surface area contributed by atoms with Gasteiger partial charge in [-0.25, -0.2) is 0 Å². The maximum Gasteiger partial charge on any atom is 0.267 e. The third-order valence-electron chi connectivity index (χ3n) is 4.07. The van der Waals surface area contributed by atoms with E-state index in [1.54, 1.807) is 36.4 Å². The fraction of sp³-hybridized carbons (Fsp3) is 0.263. The van der Waals surface area contributed by atoms with E-state index in [0.717, 1.165) is 0 Å². The van der Waals surface area contributed by atoms with E-state index in [2.05, 4.69) is 5.32 Å². The molecule has 2 aromatic rings. The molecule has 1 atom stereocenters. The average Bonchev–Trinajstić information content (AvgIpc) is 2.66. The van der Waals surface area contributed by atoms with E-state index < -0.39 is 6.10 Å². The quantitative estimate of drug-likeness (QED) is 0.911. The van der Waals surface area contributed by atoms with Crippen LogP contribution in [-0.2, 0) is 9.59 Å². The summed E-state index contributed by atoms with van der Waals surface area (Å²) in [5.74, 6) is 1.10. The van der Waals surface area contributed by atoms with Crippen molar-refractivity contribution in [3.63, 3.8) is 0 Å². The molecule has 26 heavy (non-hydrogen) atoms. The molecular formula is C19H20N2O5. The Morgan fingerprint density at radius 1 is 1.12 bits per heavy atom. The van der Waals surface area contributed by atoms with Crippen LogP contribution in [0.5, 0.6) is 17.2 Å². The second-order valence-electron chi connectivity index (χ2n) is 5.79. The topological polar surface area (TPSA) is 77.1 Å². The SMILES string of the molecule is COc1cc(NC(=O)[C@H]2CN(C(C)=O)c3ccccc3O2)cc(OC)c1. The van der Waals surface area contributed by atoms with Gasteiger partial charge in [-0.2, -0.15) is 0 Å². The summed E-state index contributed by atoms with van der Waals surface area (Å²) in [7, 11) is 3.07. The zero-order chi connectivity index (χ0) is 18.7. The average molecular weight is 356 g/mol. The summed E-state index contributed by atoms with van der Waals surface area (Å²) in [6.07, 6.45) is -0.828. The zero-order valence-electron chi connectivity index (χ0n) is 14.8. The number of hydrogen-bond acceptors (Lipinski definition) is 5. The Bertz CT molecular complexity index is 814. The first-order valence-electron chi connectivity index (χ1n) is 8.09. The molecule has 0 fully saturated rings. The highest BCUT2D eigenvalue weighted by molar-refractivity contribution is 5.99. The molecule has 0 aromatic heterocycles. The second-order valence-corrected chi connectivity index (χ2v) is 5.79. The molecule has 0 saturated heterocycles. The Morgan fingerprint density at radius 3 is 2.38 bits per heavy atom. The molecule has 3 rings (SSSR count). The standard InChI is InChI=1S/C19H20N2O5/c1-12(22)21-11-18(26-17-7-5-4-6-16(17)21)19(23)20-13-8-14(24-2)10-15(9-13)25-3/h4-10,18H,11H2,1-3H3,(H,20,23)/t18-/m1/s1. The summed E-state index contributed by atoms with van der Waals surface area (Å²) in [5, 5.41) is 2.79. The summed E-state index contributed by atoms with van der Waals surface area (Å²) in [5.41, 5.74) is 1.18. The zero-order valence-corrected chi connectivity index (χ0v) is 14.8. The van der Waals surface area contributed by atoms with Crippen molar-refractivity contribution in [1.29, 1.82) is 0 Å². The van der Waals surface area contributed by atoms with E-state index in [1.807, 2.05) is 6.07 Å². The van der Waals surface area contributed by atoms with E-state index in [0.29, 0.717) is 28.6 Å². The van der Waals surface area contributed by atoms with Crippen molar-refractivity contribution in [2.24, 2.45) is 0 Å². The number of amides is 2. The number of carbonyl (C=O) groups is 2. The van der Waals surface area contributed by atoms with Crippen LogP contribution in [0.4, 0.5) is 11.4 Å². The van der Waals surface area contributed by atoms with Gasteiger partial charge in [0.25, 0.3) is 5.91 Å². The number of nitrogens with one attached hydrogen (secondary N) is 1. The van der Waals surface area contributed by atoms with Gasteiger partial charge in [0, 0.05) is 30.8 Å². The van der Waals surface area contributed by atoms with Gasteiger partial charge in [-0.05, 0) is 12.1 Å². The van der Waals surface area contributed by atoms with Crippen LogP contribution >= 0.6 is 0 Å². The van der Waals surface area contributed by atoms with Gasteiger partial charge >= 0.3 is 0 Å². The van der Waals surface area contributed by atoms with Crippen molar-refractivity contribution in [2.45, 2.75) is 13.0 Å². The lowest BCUT2D eigenvalue weighted by Gasteiger charge is -2.33. The lowest BCUT2D eigenvalue weighted by Crippen LogP contribution is -2.48. The van der Waals surface area contributed by atoms with Gasteiger partial charge in [0.15, 0.2) is 6.10 Å². The third kappa shape index (κ3) is 3.56. The second kappa shape index (κ2) is 7.35. The molecule has 0 aliphatic carbocycles. The molecule has 0 spiro atoms. The number of methoxy groups -OCH3 is 2. The molecular weight excluding hydrogens is 336 g/mol. The molecule has 2 amide bonds. The third-order valence-corrected chi connectivity index (χ3v) is 4.07.